The van der Waals surface area contributed by atoms with Gasteiger partial charge in [0.1, 0.15) is 5.41 Å². The number of hydrogen-bond acceptors (Lipinski definition) is 4. The highest BCUT2D eigenvalue weighted by Crippen LogP contribution is 2.40. The fourth-order valence-electron chi connectivity index (χ4n) is 4.08. The zero-order valence-electron chi connectivity index (χ0n) is 14.6. The number of methoxy groups -OCH3 is 1. The van der Waals surface area contributed by atoms with Gasteiger partial charge < -0.3 is 19.5 Å². The molecule has 1 unspecified atom stereocenters. The number of aliphatic carboxylic acids is 1. The molecule has 1 N–H and O–H groups in total. The molecule has 2 heterocycles. The van der Waals surface area contributed by atoms with Crippen LogP contribution in [0, 0.1) is 5.41 Å². The number of carboxylic acid groups (broad SMARTS) is 1. The van der Waals surface area contributed by atoms with Crippen LogP contribution in [-0.2, 0) is 24.5 Å². The van der Waals surface area contributed by atoms with Crippen LogP contribution in [0.4, 0.5) is 0 Å². The topological polar surface area (TPSA) is 76.1 Å². The van der Waals surface area contributed by atoms with Crippen LogP contribution in [0.2, 0.25) is 0 Å². The largest absolute Gasteiger partial charge is 0.481 e. The van der Waals surface area contributed by atoms with Crippen molar-refractivity contribution in [2.45, 2.75) is 24.7 Å². The van der Waals surface area contributed by atoms with Crippen LogP contribution in [0.1, 0.15) is 24.8 Å². The van der Waals surface area contributed by atoms with Gasteiger partial charge in [0.05, 0.1) is 12.0 Å². The van der Waals surface area contributed by atoms with Gasteiger partial charge in [-0.1, -0.05) is 30.3 Å². The lowest BCUT2D eigenvalue weighted by atomic mass is 9.73. The third kappa shape index (κ3) is 3.16. The lowest BCUT2D eigenvalue weighted by Gasteiger charge is -2.39. The highest BCUT2D eigenvalue weighted by molar-refractivity contribution is 5.89. The second-order valence-corrected chi connectivity index (χ2v) is 7.06. The summed E-state index contributed by atoms with van der Waals surface area (Å²) in [6.45, 7) is 1.84. The van der Waals surface area contributed by atoms with Gasteiger partial charge >= 0.3 is 5.97 Å². The molecule has 0 radical (unpaired) electrons. The molecule has 6 nitrogen and oxygen atoms in total. The molecule has 0 spiro atoms. The molecule has 1 aromatic rings. The standard InChI is InChI=1S/C19H25NO5/c1-24-14-18(17(22)23)7-10-20(13-18)16(21)19(8-11-25-12-9-19)15-5-3-2-4-6-15/h2-6H,7-14H2,1H3,(H,22,23). The van der Waals surface area contributed by atoms with Gasteiger partial charge in [-0.25, -0.2) is 0 Å². The molecule has 6 heteroatoms. The van der Waals surface area contributed by atoms with E-state index in [0.29, 0.717) is 39.0 Å². The summed E-state index contributed by atoms with van der Waals surface area (Å²) in [5.74, 6) is -0.883. The van der Waals surface area contributed by atoms with Crippen LogP contribution in [0.3, 0.4) is 0 Å². The molecule has 0 aromatic heterocycles. The number of benzene rings is 1. The molecule has 0 aliphatic carbocycles. The second-order valence-electron chi connectivity index (χ2n) is 7.06. The van der Waals surface area contributed by atoms with Crippen LogP contribution >= 0.6 is 0 Å². The van der Waals surface area contributed by atoms with E-state index in [-0.39, 0.29) is 19.1 Å². The Balaban J connectivity index is 1.88. The average molecular weight is 347 g/mol. The van der Waals surface area contributed by atoms with E-state index < -0.39 is 16.8 Å². The quantitative estimate of drug-likeness (QED) is 0.877. The maximum Gasteiger partial charge on any atom is 0.313 e. The van der Waals surface area contributed by atoms with Crippen molar-refractivity contribution in [1.29, 1.82) is 0 Å². The molecule has 2 saturated heterocycles. The summed E-state index contributed by atoms with van der Waals surface area (Å²) in [5.41, 5.74) is -0.642. The molecule has 2 fully saturated rings. The SMILES string of the molecule is COCC1(C(=O)O)CCN(C(=O)C2(c3ccccc3)CCOCC2)C1. The number of rotatable bonds is 5. The number of carboxylic acids is 1. The van der Waals surface area contributed by atoms with E-state index >= 15 is 0 Å². The minimum absolute atomic E-state index is 0.0150. The predicted molar refractivity (Wildman–Crippen MR) is 91.3 cm³/mol. The van der Waals surface area contributed by atoms with E-state index in [4.69, 9.17) is 9.47 Å². The van der Waals surface area contributed by atoms with Gasteiger partial charge in [-0.3, -0.25) is 9.59 Å². The van der Waals surface area contributed by atoms with Crippen molar-refractivity contribution in [3.8, 4) is 0 Å². The van der Waals surface area contributed by atoms with Crippen molar-refractivity contribution in [2.75, 3.05) is 40.0 Å². The number of carbonyl (C=O) groups excluding carboxylic acids is 1. The van der Waals surface area contributed by atoms with Crippen molar-refractivity contribution < 1.29 is 24.2 Å². The van der Waals surface area contributed by atoms with E-state index in [1.807, 2.05) is 30.3 Å². The van der Waals surface area contributed by atoms with E-state index in [1.165, 1.54) is 7.11 Å². The van der Waals surface area contributed by atoms with Gasteiger partial charge in [0, 0.05) is 33.4 Å². The molecule has 0 bridgehead atoms. The molecule has 1 atom stereocenters. The maximum atomic E-state index is 13.5. The highest BCUT2D eigenvalue weighted by atomic mass is 16.5. The Labute approximate surface area is 147 Å². The van der Waals surface area contributed by atoms with Crippen LogP contribution in [0.5, 0.6) is 0 Å². The number of hydrogen-bond donors (Lipinski definition) is 1. The molecule has 2 aliphatic rings. The molecular formula is C19H25NO5. The monoisotopic (exact) mass is 347 g/mol. The summed E-state index contributed by atoms with van der Waals surface area (Å²) in [6.07, 6.45) is 1.66. The van der Waals surface area contributed by atoms with Crippen molar-refractivity contribution >= 4 is 11.9 Å². The molecule has 136 valence electrons. The first-order chi connectivity index (χ1) is 12.0. The summed E-state index contributed by atoms with van der Waals surface area (Å²) in [4.78, 5) is 27.0. The third-order valence-electron chi connectivity index (χ3n) is 5.60. The molecule has 3 rings (SSSR count). The van der Waals surface area contributed by atoms with Crippen molar-refractivity contribution in [2.24, 2.45) is 5.41 Å². The molecule has 25 heavy (non-hydrogen) atoms. The minimum atomic E-state index is -1.01. The number of nitrogens with zero attached hydrogens (tertiary/aromatic N) is 1. The highest BCUT2D eigenvalue weighted by Gasteiger charge is 2.51. The maximum absolute atomic E-state index is 13.5. The molecule has 1 amide bonds. The van der Waals surface area contributed by atoms with Gasteiger partial charge in [-0.2, -0.15) is 0 Å². The summed E-state index contributed by atoms with van der Waals surface area (Å²) < 4.78 is 10.6. The first-order valence-corrected chi connectivity index (χ1v) is 8.69. The van der Waals surface area contributed by atoms with Crippen LogP contribution in [0.25, 0.3) is 0 Å². The second kappa shape index (κ2) is 7.14. The minimum Gasteiger partial charge on any atom is -0.481 e. The van der Waals surface area contributed by atoms with Crippen molar-refractivity contribution in [3.63, 3.8) is 0 Å². The zero-order chi connectivity index (χ0) is 17.9. The Morgan fingerprint density at radius 1 is 1.20 bits per heavy atom. The summed E-state index contributed by atoms with van der Waals surface area (Å²) >= 11 is 0. The Kier molecular flexibility index (Phi) is 5.11. The van der Waals surface area contributed by atoms with Crippen LogP contribution in [-0.4, -0.2) is 61.9 Å². The first-order valence-electron chi connectivity index (χ1n) is 8.69. The average Bonchev–Trinajstić information content (AvgIpc) is 3.08. The smallest absolute Gasteiger partial charge is 0.313 e. The lowest BCUT2D eigenvalue weighted by molar-refractivity contribution is -0.152. The predicted octanol–water partition coefficient (Wildman–Crippen LogP) is 1.68. The Bertz CT molecular complexity index is 626. The van der Waals surface area contributed by atoms with Gasteiger partial charge in [-0.15, -0.1) is 0 Å². The van der Waals surface area contributed by atoms with E-state index in [2.05, 4.69) is 0 Å². The number of likely N-dealkylation sites (tertiary alicyclic amines) is 1. The van der Waals surface area contributed by atoms with Crippen LogP contribution in [0.15, 0.2) is 30.3 Å². The molecular weight excluding hydrogens is 322 g/mol. The first kappa shape index (κ1) is 17.9. The third-order valence-corrected chi connectivity index (χ3v) is 5.60. The summed E-state index contributed by atoms with van der Waals surface area (Å²) in [7, 11) is 1.50. The van der Waals surface area contributed by atoms with Gasteiger partial charge in [0.2, 0.25) is 5.91 Å². The van der Waals surface area contributed by atoms with Crippen LogP contribution < -0.4 is 0 Å². The Hall–Kier alpha value is -1.92. The Morgan fingerprint density at radius 2 is 1.88 bits per heavy atom. The normalized spacial score (nSPS) is 25.7. The number of ether oxygens (including phenoxy) is 2. The van der Waals surface area contributed by atoms with Gasteiger partial charge in [-0.05, 0) is 24.8 Å². The van der Waals surface area contributed by atoms with E-state index in [0.717, 1.165) is 5.56 Å². The summed E-state index contributed by atoms with van der Waals surface area (Å²) in [5, 5.41) is 9.65. The number of amides is 1. The van der Waals surface area contributed by atoms with Gasteiger partial charge in [0.25, 0.3) is 0 Å². The van der Waals surface area contributed by atoms with Crippen molar-refractivity contribution in [1.82, 2.24) is 4.90 Å². The molecule has 0 saturated carbocycles. The van der Waals surface area contributed by atoms with Crippen molar-refractivity contribution in [3.05, 3.63) is 35.9 Å². The lowest BCUT2D eigenvalue weighted by Crippen LogP contribution is -2.50. The number of carbonyl (C=O) groups is 2. The fourth-order valence-corrected chi connectivity index (χ4v) is 4.08. The van der Waals surface area contributed by atoms with Gasteiger partial charge in [0.15, 0.2) is 0 Å². The molecule has 2 aliphatic heterocycles. The van der Waals surface area contributed by atoms with E-state index in [9.17, 15) is 14.7 Å². The summed E-state index contributed by atoms with van der Waals surface area (Å²) in [6, 6.07) is 9.79. The molecule has 1 aromatic carbocycles. The van der Waals surface area contributed by atoms with E-state index in [1.54, 1.807) is 4.90 Å². The zero-order valence-corrected chi connectivity index (χ0v) is 14.6. The fraction of sp³-hybridized carbons (Fsp3) is 0.579. The Morgan fingerprint density at radius 3 is 2.48 bits per heavy atom.